The molecule has 0 aliphatic heterocycles. The van der Waals surface area contributed by atoms with Crippen molar-refractivity contribution in [1.82, 2.24) is 0 Å². The molecule has 1 fully saturated rings. The minimum Gasteiger partial charge on any atom is -0.280 e. The predicted octanol–water partition coefficient (Wildman–Crippen LogP) is 3.66. The molecule has 1 aliphatic rings. The van der Waals surface area contributed by atoms with Crippen LogP contribution in [0.25, 0.3) is 0 Å². The van der Waals surface area contributed by atoms with Crippen LogP contribution >= 0.6 is 15.9 Å². The third-order valence-electron chi connectivity index (χ3n) is 3.17. The predicted molar refractivity (Wildman–Crippen MR) is 73.5 cm³/mol. The lowest BCUT2D eigenvalue weighted by Gasteiger charge is -2.22. The fourth-order valence-electron chi connectivity index (χ4n) is 2.18. The summed E-state index contributed by atoms with van der Waals surface area (Å²) in [6.07, 6.45) is 4.25. The highest BCUT2D eigenvalue weighted by Crippen LogP contribution is 2.27. The molecule has 0 atom stereocenters. The van der Waals surface area contributed by atoms with Gasteiger partial charge >= 0.3 is 0 Å². The topological polar surface area (TPSA) is 46.2 Å². The molecule has 0 spiro atoms. The van der Waals surface area contributed by atoms with E-state index in [9.17, 15) is 12.8 Å². The molecule has 6 heteroatoms. The Balaban J connectivity index is 2.16. The fraction of sp³-hybridized carbons (Fsp3) is 0.500. The van der Waals surface area contributed by atoms with Gasteiger partial charge in [0.2, 0.25) is 10.0 Å². The lowest BCUT2D eigenvalue weighted by atomic mass is 10.0. The molecule has 100 valence electrons. The van der Waals surface area contributed by atoms with Crippen molar-refractivity contribution in [2.75, 3.05) is 4.72 Å². The molecule has 0 unspecified atom stereocenters. The number of halogens is 2. The highest BCUT2D eigenvalue weighted by Gasteiger charge is 2.27. The van der Waals surface area contributed by atoms with Crippen molar-refractivity contribution < 1.29 is 12.8 Å². The summed E-state index contributed by atoms with van der Waals surface area (Å²) in [5, 5.41) is -0.394. The Bertz CT molecular complexity index is 527. The van der Waals surface area contributed by atoms with Crippen LogP contribution in [0.1, 0.15) is 32.1 Å². The SMILES string of the molecule is O=S(=O)(Nc1ccc(Br)cc1F)C1CCCCC1. The first-order valence-corrected chi connectivity index (χ1v) is 8.29. The van der Waals surface area contributed by atoms with Gasteiger partial charge < -0.3 is 0 Å². The summed E-state index contributed by atoms with van der Waals surface area (Å²) in [6, 6.07) is 4.29. The normalized spacial score (nSPS) is 17.7. The van der Waals surface area contributed by atoms with E-state index in [1.807, 2.05) is 0 Å². The van der Waals surface area contributed by atoms with Crippen LogP contribution in [0.3, 0.4) is 0 Å². The summed E-state index contributed by atoms with van der Waals surface area (Å²) in [6.45, 7) is 0. The van der Waals surface area contributed by atoms with E-state index in [0.29, 0.717) is 17.3 Å². The molecule has 0 heterocycles. The van der Waals surface area contributed by atoms with Gasteiger partial charge in [-0.3, -0.25) is 4.72 Å². The Morgan fingerprint density at radius 2 is 1.89 bits per heavy atom. The molecule has 1 aromatic carbocycles. The molecule has 0 bridgehead atoms. The second-order valence-electron chi connectivity index (χ2n) is 4.53. The van der Waals surface area contributed by atoms with Crippen LogP contribution in [0, 0.1) is 5.82 Å². The fourth-order valence-corrected chi connectivity index (χ4v) is 4.11. The summed E-state index contributed by atoms with van der Waals surface area (Å²) in [7, 11) is -3.48. The lowest BCUT2D eigenvalue weighted by molar-refractivity contribution is 0.486. The standard InChI is InChI=1S/C12H15BrFNO2S/c13-9-6-7-12(11(14)8-9)15-18(16,17)10-4-2-1-3-5-10/h6-8,10,15H,1-5H2. The third kappa shape index (κ3) is 3.23. The maximum Gasteiger partial charge on any atom is 0.235 e. The number of rotatable bonds is 3. The van der Waals surface area contributed by atoms with Crippen molar-refractivity contribution in [1.29, 1.82) is 0 Å². The van der Waals surface area contributed by atoms with E-state index < -0.39 is 21.1 Å². The number of sulfonamides is 1. The van der Waals surface area contributed by atoms with E-state index in [1.54, 1.807) is 6.07 Å². The summed E-state index contributed by atoms with van der Waals surface area (Å²) in [5.41, 5.74) is 0.0174. The number of anilines is 1. The average molecular weight is 336 g/mol. The Morgan fingerprint density at radius 1 is 1.22 bits per heavy atom. The molecule has 0 amide bonds. The summed E-state index contributed by atoms with van der Waals surface area (Å²) in [4.78, 5) is 0. The zero-order chi connectivity index (χ0) is 13.2. The van der Waals surface area contributed by atoms with Gasteiger partial charge in [-0.1, -0.05) is 35.2 Å². The van der Waals surface area contributed by atoms with Crippen molar-refractivity contribution in [2.24, 2.45) is 0 Å². The van der Waals surface area contributed by atoms with E-state index in [1.165, 1.54) is 12.1 Å². The number of benzene rings is 1. The van der Waals surface area contributed by atoms with Gasteiger partial charge in [0.25, 0.3) is 0 Å². The monoisotopic (exact) mass is 335 g/mol. The molecule has 2 rings (SSSR count). The Hall–Kier alpha value is -0.620. The van der Waals surface area contributed by atoms with E-state index in [4.69, 9.17) is 0 Å². The average Bonchev–Trinajstić information content (AvgIpc) is 2.34. The molecular formula is C12H15BrFNO2S. The number of hydrogen-bond donors (Lipinski definition) is 1. The van der Waals surface area contributed by atoms with Crippen molar-refractivity contribution in [3.63, 3.8) is 0 Å². The van der Waals surface area contributed by atoms with E-state index in [0.717, 1.165) is 19.3 Å². The quantitative estimate of drug-likeness (QED) is 0.916. The van der Waals surface area contributed by atoms with Gasteiger partial charge in [-0.05, 0) is 31.0 Å². The van der Waals surface area contributed by atoms with E-state index >= 15 is 0 Å². The third-order valence-corrected chi connectivity index (χ3v) is 5.52. The Labute approximate surface area is 115 Å². The van der Waals surface area contributed by atoms with Crippen molar-refractivity contribution in [2.45, 2.75) is 37.4 Å². The zero-order valence-corrected chi connectivity index (χ0v) is 12.2. The van der Waals surface area contributed by atoms with Gasteiger partial charge in [0.1, 0.15) is 5.82 Å². The summed E-state index contributed by atoms with van der Waals surface area (Å²) < 4.78 is 40.7. The number of hydrogen-bond acceptors (Lipinski definition) is 2. The highest BCUT2D eigenvalue weighted by atomic mass is 79.9. The molecule has 18 heavy (non-hydrogen) atoms. The minimum absolute atomic E-state index is 0.0174. The number of nitrogens with one attached hydrogen (secondary N) is 1. The lowest BCUT2D eigenvalue weighted by Crippen LogP contribution is -2.30. The van der Waals surface area contributed by atoms with Crippen LogP contribution in [0.5, 0.6) is 0 Å². The molecule has 0 saturated heterocycles. The van der Waals surface area contributed by atoms with Crippen molar-refractivity contribution >= 4 is 31.6 Å². The first kappa shape index (κ1) is 13.8. The van der Waals surface area contributed by atoms with E-state index in [-0.39, 0.29) is 5.69 Å². The molecule has 1 aliphatic carbocycles. The maximum absolute atomic E-state index is 13.6. The minimum atomic E-state index is -3.48. The first-order valence-electron chi connectivity index (χ1n) is 5.96. The zero-order valence-electron chi connectivity index (χ0n) is 9.83. The van der Waals surface area contributed by atoms with Crippen LogP contribution in [0.4, 0.5) is 10.1 Å². The Kier molecular flexibility index (Phi) is 4.27. The smallest absolute Gasteiger partial charge is 0.235 e. The molecule has 3 nitrogen and oxygen atoms in total. The van der Waals surface area contributed by atoms with Crippen molar-refractivity contribution in [3.8, 4) is 0 Å². The van der Waals surface area contributed by atoms with Gasteiger partial charge in [-0.25, -0.2) is 12.8 Å². The Morgan fingerprint density at radius 3 is 2.50 bits per heavy atom. The second-order valence-corrected chi connectivity index (χ2v) is 7.41. The maximum atomic E-state index is 13.6. The summed E-state index contributed by atoms with van der Waals surface area (Å²) >= 11 is 3.14. The van der Waals surface area contributed by atoms with Crippen LogP contribution in [0.2, 0.25) is 0 Å². The second kappa shape index (κ2) is 5.57. The van der Waals surface area contributed by atoms with Gasteiger partial charge in [0, 0.05) is 4.47 Å². The molecular weight excluding hydrogens is 321 g/mol. The highest BCUT2D eigenvalue weighted by molar-refractivity contribution is 9.10. The molecule has 1 N–H and O–H groups in total. The van der Waals surface area contributed by atoms with Crippen molar-refractivity contribution in [3.05, 3.63) is 28.5 Å². The van der Waals surface area contributed by atoms with E-state index in [2.05, 4.69) is 20.7 Å². The van der Waals surface area contributed by atoms with Crippen LogP contribution in [-0.2, 0) is 10.0 Å². The molecule has 0 radical (unpaired) electrons. The van der Waals surface area contributed by atoms with Crippen LogP contribution in [-0.4, -0.2) is 13.7 Å². The van der Waals surface area contributed by atoms with Gasteiger partial charge in [0.15, 0.2) is 0 Å². The van der Waals surface area contributed by atoms with Gasteiger partial charge in [-0.15, -0.1) is 0 Å². The van der Waals surface area contributed by atoms with Gasteiger partial charge in [0.05, 0.1) is 10.9 Å². The molecule has 0 aromatic heterocycles. The largest absolute Gasteiger partial charge is 0.280 e. The molecule has 1 aromatic rings. The first-order chi connectivity index (χ1) is 8.49. The molecule has 1 saturated carbocycles. The summed E-state index contributed by atoms with van der Waals surface area (Å²) in [5.74, 6) is -0.566. The van der Waals surface area contributed by atoms with Crippen LogP contribution < -0.4 is 4.72 Å². The van der Waals surface area contributed by atoms with Gasteiger partial charge in [-0.2, -0.15) is 0 Å². The van der Waals surface area contributed by atoms with Crippen LogP contribution in [0.15, 0.2) is 22.7 Å².